The molecule has 10 N–H and O–H groups in total. The largest absolute Gasteiger partial charge is 0.481 e. The summed E-state index contributed by atoms with van der Waals surface area (Å²) in [5.41, 5.74) is -2.89. The molecule has 0 bridgehead atoms. The van der Waals surface area contributed by atoms with E-state index in [0.29, 0.717) is 24.3 Å². The lowest BCUT2D eigenvalue weighted by atomic mass is 9.77. The molecule has 0 radical (unpaired) electrons. The van der Waals surface area contributed by atoms with Crippen LogP contribution < -0.4 is 16.0 Å². The van der Waals surface area contributed by atoms with Gasteiger partial charge in [0.1, 0.15) is 53.4 Å². The van der Waals surface area contributed by atoms with Gasteiger partial charge in [0, 0.05) is 36.8 Å². The molecule has 68 heavy (non-hydrogen) atoms. The minimum absolute atomic E-state index is 0.0361. The molecule has 3 aliphatic heterocycles. The van der Waals surface area contributed by atoms with Crippen LogP contribution in [0.25, 0.3) is 0 Å². The second kappa shape index (κ2) is 24.9. The minimum atomic E-state index is -1.95. The van der Waals surface area contributed by atoms with Crippen LogP contribution in [0.1, 0.15) is 94.4 Å². The molecule has 0 spiro atoms. The first-order valence-electron chi connectivity index (χ1n) is 22.6. The molecule has 4 fully saturated rings. The highest BCUT2D eigenvalue weighted by molar-refractivity contribution is 8.76. The lowest BCUT2D eigenvalue weighted by Gasteiger charge is -2.50. The Hall–Kier alpha value is -2.99. The number of carbonyl (C=O) groups is 5. The molecule has 0 aromatic heterocycles. The number of nitrogens with one attached hydrogen (secondary N) is 3. The Balaban J connectivity index is 1.68. The van der Waals surface area contributed by atoms with Crippen molar-refractivity contribution in [2.24, 2.45) is 5.92 Å². The fourth-order valence-electron chi connectivity index (χ4n) is 7.86. The average Bonchev–Trinajstić information content (AvgIpc) is 3.89. The van der Waals surface area contributed by atoms with Crippen LogP contribution >= 0.6 is 21.6 Å². The van der Waals surface area contributed by atoms with Crippen molar-refractivity contribution >= 4 is 51.8 Å². The standard InChI is InChI=1S/C42H72N4O20S2/c1-40(2,3)64-37(55)43-17-23-30(53)34(61-26(51)13-11-15-68-67-14-10-12-25(49)50)31(54)36(59-23)63-33-20(18-47)32(62-35-28-27(46(28)58)29(52)24(19-48)60-35)21(44-38(56)65-41(4,5)6)16-22(33)45-39(57)66-42(7,8)9/h20-24,27-36,47-48,52-54,58H,10-19H2,1-9H3,(H,43,55)(H,44,56)(H,45,57)(H,49,50)/t20?,21-,22-,23?,24+,27?,28+,29?,30+,31?,32+,33?,34?,35?,36+,46?/m0/s1. The molecule has 3 saturated heterocycles. The van der Waals surface area contributed by atoms with Crippen LogP contribution in [0, 0.1) is 5.92 Å². The summed E-state index contributed by atoms with van der Waals surface area (Å²) in [6, 6.07) is -4.21. The van der Waals surface area contributed by atoms with Crippen LogP contribution in [0.15, 0.2) is 0 Å². The maximum absolute atomic E-state index is 13.5. The topological polar surface area (TPSA) is 340 Å². The fourth-order valence-corrected chi connectivity index (χ4v) is 10.0. The van der Waals surface area contributed by atoms with Crippen molar-refractivity contribution in [3.8, 4) is 0 Å². The normalized spacial score (nSPS) is 33.9. The van der Waals surface area contributed by atoms with Crippen molar-refractivity contribution in [3.63, 3.8) is 0 Å². The van der Waals surface area contributed by atoms with E-state index in [1.165, 1.54) is 21.6 Å². The number of carboxylic acid groups (broad SMARTS) is 1. The molecule has 26 heteroatoms. The van der Waals surface area contributed by atoms with E-state index >= 15 is 0 Å². The molecule has 0 aromatic rings. The van der Waals surface area contributed by atoms with E-state index < -0.39 is 158 Å². The number of carboxylic acids is 1. The highest BCUT2D eigenvalue weighted by Crippen LogP contribution is 2.43. The van der Waals surface area contributed by atoms with Crippen LogP contribution in [-0.4, -0.2) is 205 Å². The van der Waals surface area contributed by atoms with Gasteiger partial charge >= 0.3 is 30.2 Å². The third-order valence-electron chi connectivity index (χ3n) is 10.8. The summed E-state index contributed by atoms with van der Waals surface area (Å²) >= 11 is 0. The number of amides is 3. The molecule has 9 unspecified atom stereocenters. The first-order chi connectivity index (χ1) is 31.6. The molecule has 24 nitrogen and oxygen atoms in total. The van der Waals surface area contributed by atoms with Crippen LogP contribution in [-0.2, 0) is 47.5 Å². The third-order valence-corrected chi connectivity index (χ3v) is 13.4. The second-order valence-corrected chi connectivity index (χ2v) is 22.7. The molecule has 1 saturated carbocycles. The van der Waals surface area contributed by atoms with Crippen molar-refractivity contribution in [3.05, 3.63) is 0 Å². The Morgan fingerprint density at radius 2 is 1.15 bits per heavy atom. The van der Waals surface area contributed by atoms with Gasteiger partial charge in [-0.2, -0.15) is 5.06 Å². The van der Waals surface area contributed by atoms with Crippen molar-refractivity contribution < 1.29 is 97.7 Å². The zero-order valence-electron chi connectivity index (χ0n) is 39.9. The zero-order chi connectivity index (χ0) is 50.9. The first kappa shape index (κ1) is 57.6. The smallest absolute Gasteiger partial charge is 0.407 e. The molecular formula is C42H72N4O20S2. The number of ether oxygens (including phenoxy) is 8. The molecule has 3 amide bonds. The number of aliphatic carboxylic acids is 1. The summed E-state index contributed by atoms with van der Waals surface area (Å²) in [5.74, 6) is -1.92. The van der Waals surface area contributed by atoms with Gasteiger partial charge in [-0.15, -0.1) is 0 Å². The van der Waals surface area contributed by atoms with Crippen LogP contribution in [0.5, 0.6) is 0 Å². The van der Waals surface area contributed by atoms with E-state index in [4.69, 9.17) is 43.0 Å². The van der Waals surface area contributed by atoms with E-state index in [1.54, 1.807) is 62.3 Å². The van der Waals surface area contributed by atoms with Gasteiger partial charge in [0.15, 0.2) is 18.7 Å². The van der Waals surface area contributed by atoms with Gasteiger partial charge in [0.05, 0.1) is 43.5 Å². The highest BCUT2D eigenvalue weighted by atomic mass is 33.1. The zero-order valence-corrected chi connectivity index (χ0v) is 41.6. The van der Waals surface area contributed by atoms with Gasteiger partial charge < -0.3 is 89.7 Å². The number of nitrogens with zero attached hydrogens (tertiary/aromatic N) is 1. The number of hydrogen-bond acceptors (Lipinski definition) is 22. The summed E-state index contributed by atoms with van der Waals surface area (Å²) in [6.45, 7) is 12.8. The summed E-state index contributed by atoms with van der Waals surface area (Å²) in [5, 5.41) is 83.6. The quantitative estimate of drug-likeness (QED) is 0.0267. The number of hydrogen-bond donors (Lipinski definition) is 10. The average molecular weight is 1020 g/mol. The van der Waals surface area contributed by atoms with Crippen molar-refractivity contribution in [1.82, 2.24) is 21.0 Å². The van der Waals surface area contributed by atoms with Crippen molar-refractivity contribution in [2.45, 2.75) is 197 Å². The highest BCUT2D eigenvalue weighted by Gasteiger charge is 2.64. The predicted octanol–water partition coefficient (Wildman–Crippen LogP) is 0.985. The summed E-state index contributed by atoms with van der Waals surface area (Å²) in [6.07, 6.45) is -17.7. The van der Waals surface area contributed by atoms with Gasteiger partial charge in [-0.3, -0.25) is 9.59 Å². The maximum Gasteiger partial charge on any atom is 0.407 e. The maximum atomic E-state index is 13.5. The number of carbonyl (C=O) groups excluding carboxylic acids is 4. The number of aliphatic hydroxyl groups excluding tert-OH is 5. The van der Waals surface area contributed by atoms with Gasteiger partial charge in [-0.25, -0.2) is 14.4 Å². The lowest BCUT2D eigenvalue weighted by molar-refractivity contribution is -0.324. The number of fused-ring (bicyclic) bond motifs is 1. The van der Waals surface area contributed by atoms with Crippen molar-refractivity contribution in [1.29, 1.82) is 0 Å². The van der Waals surface area contributed by atoms with Crippen molar-refractivity contribution in [2.75, 3.05) is 31.3 Å². The Labute approximate surface area is 403 Å². The number of aliphatic hydroxyl groups is 5. The summed E-state index contributed by atoms with van der Waals surface area (Å²) < 4.78 is 47.1. The summed E-state index contributed by atoms with van der Waals surface area (Å²) in [7, 11) is 2.89. The van der Waals surface area contributed by atoms with E-state index in [9.17, 15) is 54.7 Å². The van der Waals surface area contributed by atoms with E-state index in [1.807, 2.05) is 0 Å². The molecule has 4 rings (SSSR count). The molecule has 16 atom stereocenters. The Bertz CT molecular complexity index is 1680. The molecule has 1 aliphatic carbocycles. The van der Waals surface area contributed by atoms with Gasteiger partial charge in [0.25, 0.3) is 0 Å². The molecule has 4 aliphatic rings. The monoisotopic (exact) mass is 1020 g/mol. The van der Waals surface area contributed by atoms with E-state index in [0.717, 1.165) is 5.06 Å². The van der Waals surface area contributed by atoms with Crippen LogP contribution in [0.2, 0.25) is 0 Å². The Morgan fingerprint density at radius 3 is 1.65 bits per heavy atom. The van der Waals surface area contributed by atoms with Gasteiger partial charge in [-0.1, -0.05) is 21.6 Å². The number of rotatable bonds is 20. The predicted molar refractivity (Wildman–Crippen MR) is 240 cm³/mol. The third kappa shape index (κ3) is 17.4. The SMILES string of the molecule is CC(C)(C)OC(=O)NCC1O[C@H](OC2C(CO)[C@@H](OC3O[C@H](CO)C(O)C4[C@H]3N4O)[C@@H](NC(=O)OC(C)(C)C)C[C@@H]2NC(=O)OC(C)(C)C)C(O)C(OC(=O)CCCSSCCCC(=O)O)[C@@H]1O. The van der Waals surface area contributed by atoms with E-state index in [-0.39, 0.29) is 19.3 Å². The number of esters is 1. The summed E-state index contributed by atoms with van der Waals surface area (Å²) in [4.78, 5) is 63.7. The Kier molecular flexibility index (Phi) is 21.1. The van der Waals surface area contributed by atoms with Crippen LogP contribution in [0.3, 0.4) is 0 Å². The number of hydroxylamine groups is 2. The molecule has 3 heterocycles. The van der Waals surface area contributed by atoms with Gasteiger partial charge in [0.2, 0.25) is 0 Å². The lowest BCUT2D eigenvalue weighted by Crippen LogP contribution is -2.68. The molecule has 0 aromatic carbocycles. The molecular weight excluding hydrogens is 945 g/mol. The Morgan fingerprint density at radius 1 is 0.647 bits per heavy atom. The van der Waals surface area contributed by atoms with E-state index in [2.05, 4.69) is 16.0 Å². The number of alkyl carbamates (subject to hydrolysis) is 3. The van der Waals surface area contributed by atoms with Crippen LogP contribution in [0.4, 0.5) is 14.4 Å². The first-order valence-corrected chi connectivity index (χ1v) is 25.1. The van der Waals surface area contributed by atoms with Gasteiger partial charge in [-0.05, 0) is 81.6 Å². The molecule has 392 valence electrons. The second-order valence-electron chi connectivity index (χ2n) is 20.0. The fraction of sp³-hybridized carbons (Fsp3) is 0.881. The minimum Gasteiger partial charge on any atom is -0.481 e.